The molecule has 2 amide bonds. The number of Topliss-reactive ketones (excluding diaryl/α,β-unsaturated/α-hetero) is 1. The summed E-state index contributed by atoms with van der Waals surface area (Å²) in [5.74, 6) is -2.07. The number of carbonyl (C=O) groups excluding carboxylic acids is 4. The van der Waals surface area contributed by atoms with Crippen molar-refractivity contribution in [2.45, 2.75) is 57.5 Å². The summed E-state index contributed by atoms with van der Waals surface area (Å²) in [4.78, 5) is 55.5. The zero-order valence-corrected chi connectivity index (χ0v) is 20.9. The third-order valence-electron chi connectivity index (χ3n) is 6.71. The van der Waals surface area contributed by atoms with Crippen molar-refractivity contribution in [1.29, 1.82) is 0 Å². The van der Waals surface area contributed by atoms with E-state index < -0.39 is 29.9 Å². The van der Waals surface area contributed by atoms with Crippen LogP contribution in [0.3, 0.4) is 0 Å². The lowest BCUT2D eigenvalue weighted by Gasteiger charge is -2.24. The van der Waals surface area contributed by atoms with Crippen LogP contribution in [0, 0.1) is 5.92 Å². The van der Waals surface area contributed by atoms with Crippen LogP contribution in [0.2, 0.25) is 0 Å². The highest BCUT2D eigenvalue weighted by molar-refractivity contribution is 6.01. The van der Waals surface area contributed by atoms with Crippen molar-refractivity contribution in [2.24, 2.45) is 5.92 Å². The van der Waals surface area contributed by atoms with Crippen molar-refractivity contribution in [3.8, 4) is 0 Å². The molecule has 1 fully saturated rings. The Labute approximate surface area is 215 Å². The Hall–Kier alpha value is -4.01. The zero-order valence-electron chi connectivity index (χ0n) is 20.9. The number of nitrogens with one attached hydrogen (secondary N) is 2. The number of imidazole rings is 1. The quantitative estimate of drug-likeness (QED) is 0.305. The number of pyridine rings is 1. The molecule has 0 aliphatic heterocycles. The Morgan fingerprint density at radius 2 is 1.86 bits per heavy atom. The van der Waals surface area contributed by atoms with E-state index in [4.69, 9.17) is 4.74 Å². The number of unbranched alkanes of at least 4 members (excludes halogenated alkanes) is 1. The Kier molecular flexibility index (Phi) is 8.66. The molecule has 1 aromatic carbocycles. The number of aromatic nitrogens is 2. The van der Waals surface area contributed by atoms with Gasteiger partial charge in [-0.2, -0.15) is 0 Å². The molecule has 3 atom stereocenters. The molecule has 0 spiro atoms. The number of esters is 1. The van der Waals surface area contributed by atoms with E-state index in [1.54, 1.807) is 47.3 Å². The van der Waals surface area contributed by atoms with Crippen LogP contribution in [0.5, 0.6) is 0 Å². The molecule has 1 aliphatic rings. The predicted molar refractivity (Wildman–Crippen MR) is 137 cm³/mol. The van der Waals surface area contributed by atoms with E-state index in [0.717, 1.165) is 19.3 Å². The molecular weight excluding hydrogens is 472 g/mol. The first-order valence-electron chi connectivity index (χ1n) is 12.8. The topological polar surface area (TPSA) is 119 Å². The van der Waals surface area contributed by atoms with Crippen molar-refractivity contribution in [1.82, 2.24) is 20.0 Å². The molecule has 0 bridgehead atoms. The molecule has 9 nitrogen and oxygen atoms in total. The lowest BCUT2D eigenvalue weighted by molar-refractivity contribution is -0.148. The smallest absolute Gasteiger partial charge is 0.311 e. The average molecular weight is 505 g/mol. The van der Waals surface area contributed by atoms with Gasteiger partial charge in [0.25, 0.3) is 5.91 Å². The fraction of sp³-hybridized carbons (Fsp3) is 0.393. The maximum Gasteiger partial charge on any atom is 0.311 e. The summed E-state index contributed by atoms with van der Waals surface area (Å²) < 4.78 is 7.06. The van der Waals surface area contributed by atoms with Crippen molar-refractivity contribution >= 4 is 29.1 Å². The number of nitrogens with zero attached hydrogens (tertiary/aromatic N) is 2. The first-order chi connectivity index (χ1) is 18.0. The number of hydrogen-bond donors (Lipinski definition) is 2. The van der Waals surface area contributed by atoms with Gasteiger partial charge in [-0.05, 0) is 31.4 Å². The molecule has 2 aromatic heterocycles. The van der Waals surface area contributed by atoms with Gasteiger partial charge in [0.1, 0.15) is 12.4 Å². The molecule has 1 aliphatic carbocycles. The Balaban J connectivity index is 1.37. The monoisotopic (exact) mass is 504 g/mol. The number of hydrogen-bond acceptors (Lipinski definition) is 6. The highest BCUT2D eigenvalue weighted by Crippen LogP contribution is 2.27. The van der Waals surface area contributed by atoms with E-state index in [1.165, 1.54) is 0 Å². The Morgan fingerprint density at radius 3 is 2.65 bits per heavy atom. The maximum atomic E-state index is 13.2. The summed E-state index contributed by atoms with van der Waals surface area (Å²) in [7, 11) is 0. The van der Waals surface area contributed by atoms with Crippen molar-refractivity contribution < 1.29 is 23.9 Å². The number of amides is 2. The molecule has 9 heteroatoms. The van der Waals surface area contributed by atoms with Gasteiger partial charge in [0.2, 0.25) is 5.91 Å². The second kappa shape index (κ2) is 12.3. The van der Waals surface area contributed by atoms with Crippen LogP contribution in [0.15, 0.2) is 61.1 Å². The highest BCUT2D eigenvalue weighted by atomic mass is 16.5. The average Bonchev–Trinajstić information content (AvgIpc) is 3.57. The molecule has 4 rings (SSSR count). The molecule has 2 heterocycles. The maximum absolute atomic E-state index is 13.2. The van der Waals surface area contributed by atoms with Crippen LogP contribution in [-0.4, -0.2) is 51.6 Å². The lowest BCUT2D eigenvalue weighted by Crippen LogP contribution is -2.51. The largest absolute Gasteiger partial charge is 0.457 e. The minimum atomic E-state index is -0.759. The summed E-state index contributed by atoms with van der Waals surface area (Å²) >= 11 is 0. The highest BCUT2D eigenvalue weighted by Gasteiger charge is 2.37. The molecular formula is C28H32N4O5. The van der Waals surface area contributed by atoms with Crippen LogP contribution in [0.25, 0.3) is 5.52 Å². The molecule has 0 unspecified atom stereocenters. The minimum absolute atomic E-state index is 0.250. The zero-order chi connectivity index (χ0) is 26.2. The Morgan fingerprint density at radius 1 is 1.08 bits per heavy atom. The minimum Gasteiger partial charge on any atom is -0.457 e. The van der Waals surface area contributed by atoms with Crippen molar-refractivity contribution in [2.75, 3.05) is 6.61 Å². The van der Waals surface area contributed by atoms with Gasteiger partial charge in [-0.15, -0.1) is 0 Å². The standard InChI is InChI=1S/C28H32N4O5/c1-2-3-13-22(31-27(35)25-23-15-7-8-16-32(23)18-29-25)26(34)30-21-14-9-12-20(21)28(36)37-17-24(33)19-10-5-4-6-11-19/h4-8,10-11,15-16,18,20-22H,2-3,9,12-14,17H2,1H3,(H,30,34)(H,31,35)/t20-,21+,22+/m1/s1. The van der Waals surface area contributed by atoms with Gasteiger partial charge in [-0.1, -0.05) is 62.6 Å². The van der Waals surface area contributed by atoms with Gasteiger partial charge in [-0.25, -0.2) is 4.98 Å². The molecule has 3 aromatic rings. The summed E-state index contributed by atoms with van der Waals surface area (Å²) in [6, 6.07) is 12.9. The number of carbonyl (C=O) groups is 4. The molecule has 37 heavy (non-hydrogen) atoms. The predicted octanol–water partition coefficient (Wildman–Crippen LogP) is 3.33. The van der Waals surface area contributed by atoms with E-state index in [-0.39, 0.29) is 24.0 Å². The van der Waals surface area contributed by atoms with Crippen LogP contribution >= 0.6 is 0 Å². The molecule has 194 valence electrons. The molecule has 2 N–H and O–H groups in total. The van der Waals surface area contributed by atoms with E-state index in [0.29, 0.717) is 30.3 Å². The number of benzene rings is 1. The number of fused-ring (bicyclic) bond motifs is 1. The number of rotatable bonds is 11. The van der Waals surface area contributed by atoms with Gasteiger partial charge in [0.15, 0.2) is 18.1 Å². The van der Waals surface area contributed by atoms with E-state index in [2.05, 4.69) is 15.6 Å². The summed E-state index contributed by atoms with van der Waals surface area (Å²) in [5, 5.41) is 5.80. The second-order valence-corrected chi connectivity index (χ2v) is 9.30. The van der Waals surface area contributed by atoms with Gasteiger partial charge in [0.05, 0.1) is 11.4 Å². The fourth-order valence-electron chi connectivity index (χ4n) is 4.67. The molecule has 1 saturated carbocycles. The SMILES string of the molecule is CCCC[C@H](NC(=O)c1ncn2ccccc12)C(=O)N[C@H]1CCC[C@H]1C(=O)OCC(=O)c1ccccc1. The van der Waals surface area contributed by atoms with Crippen LogP contribution in [-0.2, 0) is 14.3 Å². The van der Waals surface area contributed by atoms with Gasteiger partial charge in [0, 0.05) is 17.8 Å². The second-order valence-electron chi connectivity index (χ2n) is 9.30. The summed E-state index contributed by atoms with van der Waals surface area (Å²) in [6.45, 7) is 1.67. The first-order valence-corrected chi connectivity index (χ1v) is 12.8. The summed E-state index contributed by atoms with van der Waals surface area (Å²) in [6.07, 6.45) is 7.38. The number of ketones is 1. The first kappa shape index (κ1) is 26.1. The third kappa shape index (κ3) is 6.41. The van der Waals surface area contributed by atoms with Crippen LogP contribution in [0.1, 0.15) is 66.3 Å². The van der Waals surface area contributed by atoms with Crippen molar-refractivity contribution in [3.05, 3.63) is 72.3 Å². The third-order valence-corrected chi connectivity index (χ3v) is 6.71. The van der Waals surface area contributed by atoms with Crippen LogP contribution < -0.4 is 10.6 Å². The van der Waals surface area contributed by atoms with E-state index in [1.807, 2.05) is 25.1 Å². The van der Waals surface area contributed by atoms with Gasteiger partial charge in [-0.3, -0.25) is 19.2 Å². The Bertz CT molecular complexity index is 1260. The van der Waals surface area contributed by atoms with Gasteiger partial charge < -0.3 is 19.8 Å². The summed E-state index contributed by atoms with van der Waals surface area (Å²) in [5.41, 5.74) is 1.38. The van der Waals surface area contributed by atoms with Crippen LogP contribution in [0.4, 0.5) is 0 Å². The fourth-order valence-corrected chi connectivity index (χ4v) is 4.67. The molecule has 0 radical (unpaired) electrons. The van der Waals surface area contributed by atoms with Crippen molar-refractivity contribution in [3.63, 3.8) is 0 Å². The number of ether oxygens (including phenoxy) is 1. The van der Waals surface area contributed by atoms with E-state index in [9.17, 15) is 19.2 Å². The van der Waals surface area contributed by atoms with Gasteiger partial charge >= 0.3 is 5.97 Å². The molecule has 0 saturated heterocycles. The lowest BCUT2D eigenvalue weighted by atomic mass is 10.0. The normalized spacial score (nSPS) is 17.8. The van der Waals surface area contributed by atoms with E-state index >= 15 is 0 Å².